The fourth-order valence-corrected chi connectivity index (χ4v) is 2.34. The van der Waals surface area contributed by atoms with Gasteiger partial charge in [-0.15, -0.1) is 0 Å². The minimum atomic E-state index is -4.31. The van der Waals surface area contributed by atoms with Gasteiger partial charge in [0.15, 0.2) is 0 Å². The molecule has 5 heteroatoms. The highest BCUT2D eigenvalue weighted by atomic mass is 19.4. The molecular weight excluding hydrogens is 267 g/mol. The van der Waals surface area contributed by atoms with Gasteiger partial charge in [-0.3, -0.25) is 0 Å². The van der Waals surface area contributed by atoms with Crippen LogP contribution in [0.1, 0.15) is 43.9 Å². The Labute approximate surface area is 117 Å². The molecule has 1 fully saturated rings. The Bertz CT molecular complexity index is 461. The standard InChI is InChI=1S/C15H20F3NO/c1-3-14(2)7-8-20-13(10-19-14)11-5-4-6-12(9-11)15(16,17)18/h4-6,9,13,19H,3,7-8,10H2,1-2H3. The van der Waals surface area contributed by atoms with Gasteiger partial charge < -0.3 is 10.1 Å². The van der Waals surface area contributed by atoms with Crippen molar-refractivity contribution in [1.29, 1.82) is 0 Å². The average molecular weight is 287 g/mol. The maximum absolute atomic E-state index is 12.7. The molecule has 0 radical (unpaired) electrons. The van der Waals surface area contributed by atoms with Crippen LogP contribution in [0.2, 0.25) is 0 Å². The van der Waals surface area contributed by atoms with Crippen molar-refractivity contribution < 1.29 is 17.9 Å². The third-order valence-corrected chi connectivity index (χ3v) is 4.05. The normalized spacial score (nSPS) is 28.1. The quantitative estimate of drug-likeness (QED) is 0.890. The predicted molar refractivity (Wildman–Crippen MR) is 71.5 cm³/mol. The number of alkyl halides is 3. The number of hydrogen-bond donors (Lipinski definition) is 1. The van der Waals surface area contributed by atoms with E-state index in [1.54, 1.807) is 6.07 Å². The SMILES string of the molecule is CCC1(C)CCOC(c2cccc(C(F)(F)F)c2)CN1. The van der Waals surface area contributed by atoms with Crippen LogP contribution in [0.3, 0.4) is 0 Å². The Morgan fingerprint density at radius 1 is 1.40 bits per heavy atom. The molecular formula is C15H20F3NO. The Morgan fingerprint density at radius 3 is 2.80 bits per heavy atom. The van der Waals surface area contributed by atoms with E-state index in [-0.39, 0.29) is 11.6 Å². The second-order valence-electron chi connectivity index (χ2n) is 5.53. The third kappa shape index (κ3) is 3.52. The Morgan fingerprint density at radius 2 is 2.15 bits per heavy atom. The molecule has 20 heavy (non-hydrogen) atoms. The summed E-state index contributed by atoms with van der Waals surface area (Å²) in [6.45, 7) is 5.30. The number of ether oxygens (including phenoxy) is 1. The first kappa shape index (κ1) is 15.3. The summed E-state index contributed by atoms with van der Waals surface area (Å²) in [5.41, 5.74) is -0.0510. The van der Waals surface area contributed by atoms with Gasteiger partial charge in [-0.05, 0) is 37.5 Å². The van der Waals surface area contributed by atoms with Crippen molar-refractivity contribution in [2.75, 3.05) is 13.2 Å². The molecule has 1 aromatic carbocycles. The molecule has 1 aliphatic rings. The molecule has 1 saturated heterocycles. The molecule has 0 bridgehead atoms. The summed E-state index contributed by atoms with van der Waals surface area (Å²) in [6, 6.07) is 5.40. The largest absolute Gasteiger partial charge is 0.416 e. The van der Waals surface area contributed by atoms with E-state index in [1.807, 2.05) is 0 Å². The van der Waals surface area contributed by atoms with Gasteiger partial charge in [-0.1, -0.05) is 19.1 Å². The Kier molecular flexibility index (Phi) is 4.39. The fourth-order valence-electron chi connectivity index (χ4n) is 2.34. The highest BCUT2D eigenvalue weighted by molar-refractivity contribution is 5.27. The molecule has 2 nitrogen and oxygen atoms in total. The molecule has 1 N–H and O–H groups in total. The summed E-state index contributed by atoms with van der Waals surface area (Å²) in [5, 5.41) is 3.41. The van der Waals surface area contributed by atoms with Crippen molar-refractivity contribution >= 4 is 0 Å². The van der Waals surface area contributed by atoms with Crippen LogP contribution in [0.15, 0.2) is 24.3 Å². The van der Waals surface area contributed by atoms with Crippen molar-refractivity contribution in [2.24, 2.45) is 0 Å². The van der Waals surface area contributed by atoms with Crippen molar-refractivity contribution in [2.45, 2.75) is 44.5 Å². The van der Waals surface area contributed by atoms with Crippen molar-refractivity contribution in [3.05, 3.63) is 35.4 Å². The van der Waals surface area contributed by atoms with E-state index >= 15 is 0 Å². The molecule has 112 valence electrons. The van der Waals surface area contributed by atoms with Crippen LogP contribution >= 0.6 is 0 Å². The molecule has 1 heterocycles. The zero-order valence-electron chi connectivity index (χ0n) is 11.8. The van der Waals surface area contributed by atoms with Crippen molar-refractivity contribution in [3.8, 4) is 0 Å². The lowest BCUT2D eigenvalue weighted by Crippen LogP contribution is -2.42. The number of hydrogen-bond acceptors (Lipinski definition) is 2. The second kappa shape index (κ2) is 5.74. The summed E-state index contributed by atoms with van der Waals surface area (Å²) in [5.74, 6) is 0. The lowest BCUT2D eigenvalue weighted by molar-refractivity contribution is -0.137. The van der Waals surface area contributed by atoms with Crippen LogP contribution in [-0.4, -0.2) is 18.7 Å². The summed E-state index contributed by atoms with van der Waals surface area (Å²) in [4.78, 5) is 0. The molecule has 1 aromatic rings. The smallest absolute Gasteiger partial charge is 0.372 e. The molecule has 2 rings (SSSR count). The number of halogens is 3. The van der Waals surface area contributed by atoms with E-state index in [0.717, 1.165) is 18.9 Å². The molecule has 0 aliphatic carbocycles. The Balaban J connectivity index is 2.16. The van der Waals surface area contributed by atoms with Gasteiger partial charge in [-0.2, -0.15) is 13.2 Å². The maximum atomic E-state index is 12.7. The van der Waals surface area contributed by atoms with Gasteiger partial charge in [0.05, 0.1) is 11.7 Å². The third-order valence-electron chi connectivity index (χ3n) is 4.05. The van der Waals surface area contributed by atoms with Crippen molar-refractivity contribution in [3.63, 3.8) is 0 Å². The first-order valence-corrected chi connectivity index (χ1v) is 6.88. The summed E-state index contributed by atoms with van der Waals surface area (Å²) in [7, 11) is 0. The number of nitrogens with one attached hydrogen (secondary N) is 1. The van der Waals surface area contributed by atoms with Crippen LogP contribution in [0.5, 0.6) is 0 Å². The summed E-state index contributed by atoms with van der Waals surface area (Å²) < 4.78 is 43.9. The zero-order valence-corrected chi connectivity index (χ0v) is 11.8. The molecule has 0 spiro atoms. The second-order valence-corrected chi connectivity index (χ2v) is 5.53. The van der Waals surface area contributed by atoms with Crippen LogP contribution in [0.25, 0.3) is 0 Å². The molecule has 0 saturated carbocycles. The van der Waals surface area contributed by atoms with Gasteiger partial charge in [0.1, 0.15) is 0 Å². The monoisotopic (exact) mass is 287 g/mol. The molecule has 0 aromatic heterocycles. The highest BCUT2D eigenvalue weighted by Gasteiger charge is 2.32. The van der Waals surface area contributed by atoms with E-state index in [0.29, 0.717) is 18.7 Å². The van der Waals surface area contributed by atoms with Crippen LogP contribution in [0, 0.1) is 0 Å². The van der Waals surface area contributed by atoms with E-state index in [9.17, 15) is 13.2 Å². The summed E-state index contributed by atoms with van der Waals surface area (Å²) in [6.07, 6.45) is -2.82. The summed E-state index contributed by atoms with van der Waals surface area (Å²) >= 11 is 0. The molecule has 0 amide bonds. The lowest BCUT2D eigenvalue weighted by Gasteiger charge is -2.27. The highest BCUT2D eigenvalue weighted by Crippen LogP contribution is 2.32. The van der Waals surface area contributed by atoms with Crippen LogP contribution in [-0.2, 0) is 10.9 Å². The predicted octanol–water partition coefficient (Wildman–Crippen LogP) is 3.93. The topological polar surface area (TPSA) is 21.3 Å². The lowest BCUT2D eigenvalue weighted by atomic mass is 9.95. The van der Waals surface area contributed by atoms with E-state index in [2.05, 4.69) is 19.2 Å². The van der Waals surface area contributed by atoms with Gasteiger partial charge in [0.2, 0.25) is 0 Å². The molecule has 2 atom stereocenters. The minimum Gasteiger partial charge on any atom is -0.372 e. The zero-order chi connectivity index (χ0) is 14.8. The first-order valence-electron chi connectivity index (χ1n) is 6.88. The van der Waals surface area contributed by atoms with Crippen LogP contribution in [0.4, 0.5) is 13.2 Å². The number of benzene rings is 1. The first-order chi connectivity index (χ1) is 9.34. The minimum absolute atomic E-state index is 0.00358. The van der Waals surface area contributed by atoms with E-state index in [4.69, 9.17) is 4.74 Å². The van der Waals surface area contributed by atoms with Gasteiger partial charge in [0, 0.05) is 18.7 Å². The van der Waals surface area contributed by atoms with Gasteiger partial charge in [-0.25, -0.2) is 0 Å². The van der Waals surface area contributed by atoms with Gasteiger partial charge >= 0.3 is 6.18 Å². The Hall–Kier alpha value is -1.07. The fraction of sp³-hybridized carbons (Fsp3) is 0.600. The maximum Gasteiger partial charge on any atom is 0.416 e. The molecule has 1 aliphatic heterocycles. The van der Waals surface area contributed by atoms with Crippen LogP contribution < -0.4 is 5.32 Å². The van der Waals surface area contributed by atoms with Gasteiger partial charge in [0.25, 0.3) is 0 Å². The van der Waals surface area contributed by atoms with E-state index < -0.39 is 11.7 Å². The van der Waals surface area contributed by atoms with Crippen molar-refractivity contribution in [1.82, 2.24) is 5.32 Å². The average Bonchev–Trinajstić information content (AvgIpc) is 2.61. The number of rotatable bonds is 2. The molecule has 2 unspecified atom stereocenters. The van der Waals surface area contributed by atoms with E-state index in [1.165, 1.54) is 12.1 Å².